The van der Waals surface area contributed by atoms with Crippen molar-refractivity contribution in [2.45, 2.75) is 17.4 Å². The molecule has 0 unspecified atom stereocenters. The first kappa shape index (κ1) is 15.6. The second kappa shape index (κ2) is 6.83. The summed E-state index contributed by atoms with van der Waals surface area (Å²) in [6.45, 7) is 0.719. The molecule has 7 heteroatoms. The quantitative estimate of drug-likeness (QED) is 0.914. The number of amides is 2. The van der Waals surface area contributed by atoms with Gasteiger partial charge in [0.2, 0.25) is 11.8 Å². The molecule has 2 heterocycles. The van der Waals surface area contributed by atoms with Gasteiger partial charge in [-0.1, -0.05) is 0 Å². The molecule has 2 saturated heterocycles. The SMILES string of the molecule is COc1cc(NC(=O)C2SCCS2)ccc1N1CCCC1=O. The van der Waals surface area contributed by atoms with Gasteiger partial charge < -0.3 is 15.0 Å². The minimum Gasteiger partial charge on any atom is -0.494 e. The van der Waals surface area contributed by atoms with Gasteiger partial charge in [-0.15, -0.1) is 23.5 Å². The Hall–Kier alpha value is -1.34. The molecule has 0 aliphatic carbocycles. The van der Waals surface area contributed by atoms with Crippen molar-refractivity contribution in [3.8, 4) is 5.75 Å². The lowest BCUT2D eigenvalue weighted by Crippen LogP contribution is -2.24. The molecule has 0 aromatic heterocycles. The maximum absolute atomic E-state index is 12.1. The monoisotopic (exact) mass is 338 g/mol. The molecule has 1 N–H and O–H groups in total. The van der Waals surface area contributed by atoms with Crippen LogP contribution < -0.4 is 15.0 Å². The van der Waals surface area contributed by atoms with Gasteiger partial charge in [0.1, 0.15) is 10.3 Å². The van der Waals surface area contributed by atoms with Crippen LogP contribution in [-0.4, -0.2) is 41.6 Å². The van der Waals surface area contributed by atoms with Gasteiger partial charge >= 0.3 is 0 Å². The average Bonchev–Trinajstić information content (AvgIpc) is 3.18. The molecule has 2 aliphatic heterocycles. The average molecular weight is 338 g/mol. The molecular formula is C15H18N2O3S2. The number of rotatable bonds is 4. The van der Waals surface area contributed by atoms with E-state index in [2.05, 4.69) is 5.32 Å². The van der Waals surface area contributed by atoms with Gasteiger partial charge in [-0.3, -0.25) is 9.59 Å². The first-order valence-electron chi connectivity index (χ1n) is 7.21. The number of hydrogen-bond acceptors (Lipinski definition) is 5. The third-order valence-electron chi connectivity index (χ3n) is 3.65. The van der Waals surface area contributed by atoms with Crippen LogP contribution in [0.3, 0.4) is 0 Å². The summed E-state index contributed by atoms with van der Waals surface area (Å²) >= 11 is 3.34. The van der Waals surface area contributed by atoms with Crippen LogP contribution in [0.15, 0.2) is 18.2 Å². The summed E-state index contributed by atoms with van der Waals surface area (Å²) in [5.74, 6) is 2.78. The fourth-order valence-corrected chi connectivity index (χ4v) is 5.17. The zero-order chi connectivity index (χ0) is 15.5. The Morgan fingerprint density at radius 3 is 2.77 bits per heavy atom. The molecule has 0 bridgehead atoms. The summed E-state index contributed by atoms with van der Waals surface area (Å²) in [4.78, 5) is 25.8. The van der Waals surface area contributed by atoms with Crippen molar-refractivity contribution < 1.29 is 14.3 Å². The first-order chi connectivity index (χ1) is 10.7. The van der Waals surface area contributed by atoms with Gasteiger partial charge in [0.25, 0.3) is 0 Å². The topological polar surface area (TPSA) is 58.6 Å². The van der Waals surface area contributed by atoms with Crippen molar-refractivity contribution in [2.75, 3.05) is 35.4 Å². The lowest BCUT2D eigenvalue weighted by Gasteiger charge is -2.20. The molecule has 118 valence electrons. The van der Waals surface area contributed by atoms with Crippen LogP contribution in [0, 0.1) is 0 Å². The van der Waals surface area contributed by atoms with Crippen molar-refractivity contribution in [2.24, 2.45) is 0 Å². The van der Waals surface area contributed by atoms with Gasteiger partial charge in [0, 0.05) is 36.2 Å². The molecule has 2 fully saturated rings. The van der Waals surface area contributed by atoms with Gasteiger partial charge in [-0.25, -0.2) is 0 Å². The Kier molecular flexibility index (Phi) is 4.83. The molecule has 0 atom stereocenters. The van der Waals surface area contributed by atoms with Crippen LogP contribution >= 0.6 is 23.5 Å². The molecular weight excluding hydrogens is 320 g/mol. The third kappa shape index (κ3) is 3.20. The van der Waals surface area contributed by atoms with E-state index >= 15 is 0 Å². The Labute approximate surface area is 138 Å². The highest BCUT2D eigenvalue weighted by Crippen LogP contribution is 2.35. The lowest BCUT2D eigenvalue weighted by molar-refractivity contribution is -0.117. The maximum atomic E-state index is 12.1. The molecule has 2 aliphatic rings. The zero-order valence-corrected chi connectivity index (χ0v) is 14.0. The van der Waals surface area contributed by atoms with Crippen molar-refractivity contribution in [1.29, 1.82) is 0 Å². The molecule has 1 aromatic carbocycles. The minimum atomic E-state index is -0.0363. The third-order valence-corrected chi connectivity index (χ3v) is 6.64. The van der Waals surface area contributed by atoms with E-state index in [1.807, 2.05) is 12.1 Å². The highest BCUT2D eigenvalue weighted by atomic mass is 32.2. The van der Waals surface area contributed by atoms with Gasteiger partial charge in [0.05, 0.1) is 12.8 Å². The number of thioether (sulfide) groups is 2. The number of hydrogen-bond donors (Lipinski definition) is 1. The number of nitrogens with one attached hydrogen (secondary N) is 1. The van der Waals surface area contributed by atoms with Crippen molar-refractivity contribution in [3.05, 3.63) is 18.2 Å². The molecule has 2 amide bonds. The zero-order valence-electron chi connectivity index (χ0n) is 12.3. The van der Waals surface area contributed by atoms with E-state index in [9.17, 15) is 9.59 Å². The van der Waals surface area contributed by atoms with E-state index in [1.54, 1.807) is 41.6 Å². The van der Waals surface area contributed by atoms with Crippen LogP contribution in [0.4, 0.5) is 11.4 Å². The number of nitrogens with zero attached hydrogens (tertiary/aromatic N) is 1. The minimum absolute atomic E-state index is 0.0135. The molecule has 0 radical (unpaired) electrons. The fraction of sp³-hybridized carbons (Fsp3) is 0.467. The molecule has 5 nitrogen and oxygen atoms in total. The van der Waals surface area contributed by atoms with E-state index in [4.69, 9.17) is 4.74 Å². The van der Waals surface area contributed by atoms with Gasteiger partial charge in [0.15, 0.2) is 0 Å². The van der Waals surface area contributed by atoms with Crippen LogP contribution in [0.25, 0.3) is 0 Å². The van der Waals surface area contributed by atoms with Crippen molar-refractivity contribution in [3.63, 3.8) is 0 Å². The molecule has 22 heavy (non-hydrogen) atoms. The summed E-state index contributed by atoms with van der Waals surface area (Å²) in [6.07, 6.45) is 1.45. The van der Waals surface area contributed by atoms with E-state index in [0.29, 0.717) is 17.9 Å². The summed E-state index contributed by atoms with van der Waals surface area (Å²) in [5.41, 5.74) is 1.47. The summed E-state index contributed by atoms with van der Waals surface area (Å²) in [7, 11) is 1.58. The molecule has 0 spiro atoms. The molecule has 0 saturated carbocycles. The van der Waals surface area contributed by atoms with Crippen molar-refractivity contribution >= 4 is 46.7 Å². The van der Waals surface area contributed by atoms with E-state index in [-0.39, 0.29) is 16.4 Å². The van der Waals surface area contributed by atoms with E-state index < -0.39 is 0 Å². The van der Waals surface area contributed by atoms with Crippen molar-refractivity contribution in [1.82, 2.24) is 0 Å². The molecule has 3 rings (SSSR count). The summed E-state index contributed by atoms with van der Waals surface area (Å²) in [6, 6.07) is 5.45. The number of ether oxygens (including phenoxy) is 1. The van der Waals surface area contributed by atoms with E-state index in [1.165, 1.54) is 0 Å². The number of benzene rings is 1. The first-order valence-corrected chi connectivity index (χ1v) is 9.31. The maximum Gasteiger partial charge on any atom is 0.247 e. The largest absolute Gasteiger partial charge is 0.494 e. The normalized spacial score (nSPS) is 18.8. The second-order valence-electron chi connectivity index (χ2n) is 5.10. The predicted octanol–water partition coefficient (Wildman–Crippen LogP) is 2.57. The highest BCUT2D eigenvalue weighted by Gasteiger charge is 2.26. The summed E-state index contributed by atoms with van der Waals surface area (Å²) in [5, 5.41) is 2.92. The standard InChI is InChI=1S/C15H18N2O3S2/c1-20-12-9-10(16-14(19)15-21-7-8-22-15)4-5-11(12)17-6-2-3-13(17)18/h4-5,9,15H,2-3,6-8H2,1H3,(H,16,19). The number of methoxy groups -OCH3 is 1. The van der Waals surface area contributed by atoms with E-state index in [0.717, 1.165) is 30.2 Å². The number of carbonyl (C=O) groups excluding carboxylic acids is 2. The Bertz CT molecular complexity index is 588. The number of anilines is 2. The van der Waals surface area contributed by atoms with Crippen LogP contribution in [0.2, 0.25) is 0 Å². The van der Waals surface area contributed by atoms with Crippen LogP contribution in [-0.2, 0) is 9.59 Å². The van der Waals surface area contributed by atoms with Gasteiger partial charge in [-0.05, 0) is 18.6 Å². The lowest BCUT2D eigenvalue weighted by atomic mass is 10.2. The van der Waals surface area contributed by atoms with Gasteiger partial charge in [-0.2, -0.15) is 0 Å². The number of carbonyl (C=O) groups is 2. The highest BCUT2D eigenvalue weighted by molar-refractivity contribution is 8.21. The Morgan fingerprint density at radius 2 is 2.14 bits per heavy atom. The van der Waals surface area contributed by atoms with Crippen LogP contribution in [0.1, 0.15) is 12.8 Å². The second-order valence-corrected chi connectivity index (χ2v) is 7.82. The predicted molar refractivity (Wildman–Crippen MR) is 91.9 cm³/mol. The Balaban J connectivity index is 1.76. The summed E-state index contributed by atoms with van der Waals surface area (Å²) < 4.78 is 5.36. The smallest absolute Gasteiger partial charge is 0.247 e. The fourth-order valence-electron chi connectivity index (χ4n) is 2.59. The van der Waals surface area contributed by atoms with Crippen LogP contribution in [0.5, 0.6) is 5.75 Å². The molecule has 1 aromatic rings. The Morgan fingerprint density at radius 1 is 1.36 bits per heavy atom.